The number of rotatable bonds is 4. The van der Waals surface area contributed by atoms with Crippen molar-refractivity contribution in [2.75, 3.05) is 25.6 Å². The van der Waals surface area contributed by atoms with Crippen molar-refractivity contribution in [3.8, 4) is 0 Å². The van der Waals surface area contributed by atoms with Crippen LogP contribution in [-0.4, -0.2) is 35.9 Å². The first-order valence-corrected chi connectivity index (χ1v) is 6.58. The highest BCUT2D eigenvalue weighted by Gasteiger charge is 2.23. The molecule has 104 valence electrons. The van der Waals surface area contributed by atoms with Gasteiger partial charge in [-0.1, -0.05) is 6.07 Å². The number of likely N-dealkylation sites (tertiary alicyclic amines) is 1. The highest BCUT2D eigenvalue weighted by Crippen LogP contribution is 2.19. The second-order valence-corrected chi connectivity index (χ2v) is 4.86. The van der Waals surface area contributed by atoms with Gasteiger partial charge in [-0.3, -0.25) is 9.69 Å². The van der Waals surface area contributed by atoms with Gasteiger partial charge in [0.05, 0.1) is 0 Å². The smallest absolute Gasteiger partial charge is 0.222 e. The van der Waals surface area contributed by atoms with E-state index < -0.39 is 0 Å². The molecule has 1 aliphatic heterocycles. The molecule has 0 saturated carbocycles. The molecule has 0 radical (unpaired) electrons. The second kappa shape index (κ2) is 6.49. The Morgan fingerprint density at radius 3 is 2.74 bits per heavy atom. The van der Waals surface area contributed by atoms with Crippen LogP contribution < -0.4 is 16.6 Å². The number of nitrogens with two attached hydrogens (primary N) is 1. The highest BCUT2D eigenvalue weighted by atomic mass is 16.1. The van der Waals surface area contributed by atoms with Crippen molar-refractivity contribution in [3.63, 3.8) is 0 Å². The molecule has 1 aromatic rings. The SMILES string of the molecule is CNC(=O)C1CCN(Cc2ccc(NN)nc2)CC1. The van der Waals surface area contributed by atoms with Crippen molar-refractivity contribution >= 4 is 11.7 Å². The molecule has 1 fully saturated rings. The molecule has 6 nitrogen and oxygen atoms in total. The van der Waals surface area contributed by atoms with E-state index >= 15 is 0 Å². The summed E-state index contributed by atoms with van der Waals surface area (Å²) in [6.45, 7) is 2.78. The van der Waals surface area contributed by atoms with Gasteiger partial charge >= 0.3 is 0 Å². The molecule has 2 rings (SSSR count). The normalized spacial score (nSPS) is 17.2. The van der Waals surface area contributed by atoms with Gasteiger partial charge in [-0.2, -0.15) is 0 Å². The summed E-state index contributed by atoms with van der Waals surface area (Å²) >= 11 is 0. The van der Waals surface area contributed by atoms with E-state index in [4.69, 9.17) is 5.84 Å². The summed E-state index contributed by atoms with van der Waals surface area (Å²) < 4.78 is 0. The lowest BCUT2D eigenvalue weighted by molar-refractivity contribution is -0.125. The van der Waals surface area contributed by atoms with Crippen molar-refractivity contribution in [3.05, 3.63) is 23.9 Å². The number of hydrogen-bond acceptors (Lipinski definition) is 5. The van der Waals surface area contributed by atoms with Crippen LogP contribution in [0, 0.1) is 5.92 Å². The van der Waals surface area contributed by atoms with E-state index in [1.807, 2.05) is 18.3 Å². The zero-order valence-electron chi connectivity index (χ0n) is 11.2. The maximum Gasteiger partial charge on any atom is 0.222 e. The number of hydrogen-bond donors (Lipinski definition) is 3. The van der Waals surface area contributed by atoms with E-state index in [0.717, 1.165) is 38.0 Å². The number of anilines is 1. The highest BCUT2D eigenvalue weighted by molar-refractivity contribution is 5.78. The predicted molar refractivity (Wildman–Crippen MR) is 74.1 cm³/mol. The van der Waals surface area contributed by atoms with Gasteiger partial charge < -0.3 is 10.7 Å². The number of nitrogens with one attached hydrogen (secondary N) is 2. The summed E-state index contributed by atoms with van der Waals surface area (Å²) in [5.74, 6) is 6.28. The fourth-order valence-corrected chi connectivity index (χ4v) is 2.42. The molecule has 2 heterocycles. The topological polar surface area (TPSA) is 83.3 Å². The third-order valence-electron chi connectivity index (χ3n) is 3.58. The van der Waals surface area contributed by atoms with Gasteiger partial charge in [-0.05, 0) is 37.6 Å². The molecule has 6 heteroatoms. The first-order valence-electron chi connectivity index (χ1n) is 6.58. The Morgan fingerprint density at radius 1 is 1.47 bits per heavy atom. The van der Waals surface area contributed by atoms with Crippen molar-refractivity contribution in [2.24, 2.45) is 11.8 Å². The maximum atomic E-state index is 11.5. The maximum absolute atomic E-state index is 11.5. The number of amides is 1. The molecule has 1 saturated heterocycles. The third kappa shape index (κ3) is 3.65. The fraction of sp³-hybridized carbons (Fsp3) is 0.538. The molecule has 0 atom stereocenters. The minimum absolute atomic E-state index is 0.166. The van der Waals surface area contributed by atoms with E-state index in [1.165, 1.54) is 0 Å². The number of carbonyl (C=O) groups excluding carboxylic acids is 1. The second-order valence-electron chi connectivity index (χ2n) is 4.86. The standard InChI is InChI=1S/C13H21N5O/c1-15-13(19)11-4-6-18(7-5-11)9-10-2-3-12(17-14)16-8-10/h2-3,8,11H,4-7,9,14H2,1H3,(H,15,19)(H,16,17). The van der Waals surface area contributed by atoms with Crippen LogP contribution in [0.4, 0.5) is 5.82 Å². The quantitative estimate of drug-likeness (QED) is 0.538. The van der Waals surface area contributed by atoms with Crippen LogP contribution in [0.15, 0.2) is 18.3 Å². The number of hydrazine groups is 1. The van der Waals surface area contributed by atoms with Crippen molar-refractivity contribution in [1.82, 2.24) is 15.2 Å². The summed E-state index contributed by atoms with van der Waals surface area (Å²) in [7, 11) is 1.70. The summed E-state index contributed by atoms with van der Waals surface area (Å²) in [6, 6.07) is 3.89. The zero-order valence-corrected chi connectivity index (χ0v) is 11.2. The number of piperidine rings is 1. The van der Waals surface area contributed by atoms with E-state index in [2.05, 4.69) is 20.6 Å². The summed E-state index contributed by atoms with van der Waals surface area (Å²) in [4.78, 5) is 18.1. The molecule has 0 aromatic carbocycles. The van der Waals surface area contributed by atoms with E-state index in [0.29, 0.717) is 5.82 Å². The summed E-state index contributed by atoms with van der Waals surface area (Å²) in [5, 5.41) is 2.73. The lowest BCUT2D eigenvalue weighted by atomic mass is 9.96. The monoisotopic (exact) mass is 263 g/mol. The molecule has 0 spiro atoms. The largest absolute Gasteiger partial charge is 0.359 e. The number of carbonyl (C=O) groups is 1. The van der Waals surface area contributed by atoms with Crippen LogP contribution in [0.5, 0.6) is 0 Å². The molecule has 19 heavy (non-hydrogen) atoms. The third-order valence-corrected chi connectivity index (χ3v) is 3.58. The van der Waals surface area contributed by atoms with Gasteiger partial charge in [-0.25, -0.2) is 10.8 Å². The number of nitrogen functional groups attached to an aromatic ring is 1. The first kappa shape index (κ1) is 13.8. The van der Waals surface area contributed by atoms with Crippen molar-refractivity contribution < 1.29 is 4.79 Å². The lowest BCUT2D eigenvalue weighted by Crippen LogP contribution is -2.39. The average molecular weight is 263 g/mol. The van der Waals surface area contributed by atoms with Gasteiger partial charge in [0.2, 0.25) is 5.91 Å². The minimum Gasteiger partial charge on any atom is -0.359 e. The Labute approximate surface area is 113 Å². The van der Waals surface area contributed by atoms with Crippen molar-refractivity contribution in [2.45, 2.75) is 19.4 Å². The molecule has 0 unspecified atom stereocenters. The Morgan fingerprint density at radius 2 is 2.21 bits per heavy atom. The van der Waals surface area contributed by atoms with Crippen LogP contribution >= 0.6 is 0 Å². The van der Waals surface area contributed by atoms with E-state index in [-0.39, 0.29) is 11.8 Å². The van der Waals surface area contributed by atoms with E-state index in [1.54, 1.807) is 7.05 Å². The molecule has 0 bridgehead atoms. The van der Waals surface area contributed by atoms with E-state index in [9.17, 15) is 4.79 Å². The molecular formula is C13H21N5O. The number of pyridine rings is 1. The Bertz CT molecular complexity index is 412. The average Bonchev–Trinajstić information content (AvgIpc) is 2.48. The molecule has 1 aromatic heterocycles. The summed E-state index contributed by atoms with van der Waals surface area (Å²) in [5.41, 5.74) is 3.68. The van der Waals surface area contributed by atoms with Crippen molar-refractivity contribution in [1.29, 1.82) is 0 Å². The molecular weight excluding hydrogens is 242 g/mol. The van der Waals surface area contributed by atoms with Crippen LogP contribution in [0.25, 0.3) is 0 Å². The molecule has 4 N–H and O–H groups in total. The first-order chi connectivity index (χ1) is 9.22. The Kier molecular flexibility index (Phi) is 4.70. The molecule has 0 aliphatic carbocycles. The Hall–Kier alpha value is -1.66. The lowest BCUT2D eigenvalue weighted by Gasteiger charge is -2.30. The minimum atomic E-state index is 0.166. The van der Waals surface area contributed by atoms with Gasteiger partial charge in [0, 0.05) is 25.7 Å². The van der Waals surface area contributed by atoms with Gasteiger partial charge in [0.25, 0.3) is 0 Å². The fourth-order valence-electron chi connectivity index (χ4n) is 2.42. The van der Waals surface area contributed by atoms with Crippen LogP contribution in [-0.2, 0) is 11.3 Å². The van der Waals surface area contributed by atoms with Crippen LogP contribution in [0.2, 0.25) is 0 Å². The predicted octanol–water partition coefficient (Wildman–Crippen LogP) is 0.325. The number of nitrogens with zero attached hydrogens (tertiary/aromatic N) is 2. The van der Waals surface area contributed by atoms with Crippen LogP contribution in [0.1, 0.15) is 18.4 Å². The molecule has 1 amide bonds. The van der Waals surface area contributed by atoms with Crippen LogP contribution in [0.3, 0.4) is 0 Å². The van der Waals surface area contributed by atoms with Gasteiger partial charge in [0.1, 0.15) is 5.82 Å². The van der Waals surface area contributed by atoms with Gasteiger partial charge in [0.15, 0.2) is 0 Å². The zero-order chi connectivity index (χ0) is 13.7. The number of aromatic nitrogens is 1. The Balaban J connectivity index is 1.83. The molecule has 1 aliphatic rings. The summed E-state index contributed by atoms with van der Waals surface area (Å²) in [6.07, 6.45) is 3.69. The van der Waals surface area contributed by atoms with Gasteiger partial charge in [-0.15, -0.1) is 0 Å².